The van der Waals surface area contributed by atoms with Gasteiger partial charge in [-0.1, -0.05) is 18.7 Å². The van der Waals surface area contributed by atoms with Crippen molar-refractivity contribution in [3.8, 4) is 0 Å². The van der Waals surface area contributed by atoms with Crippen LogP contribution in [0.5, 0.6) is 0 Å². The molecule has 0 bridgehead atoms. The van der Waals surface area contributed by atoms with E-state index in [1.807, 2.05) is 31.2 Å². The summed E-state index contributed by atoms with van der Waals surface area (Å²) in [6.45, 7) is 6.25. The van der Waals surface area contributed by atoms with E-state index in [1.54, 1.807) is 9.13 Å². The molecule has 1 heterocycles. The van der Waals surface area contributed by atoms with Crippen molar-refractivity contribution in [3.05, 3.63) is 41.3 Å². The molecule has 0 amide bonds. The average Bonchev–Trinajstić information content (AvgIpc) is 2.58. The number of aromatic nitrogens is 2. The second-order valence-corrected chi connectivity index (χ2v) is 4.07. The predicted octanol–water partition coefficient (Wildman–Crippen LogP) is 1.68. The van der Waals surface area contributed by atoms with Crippen LogP contribution in [-0.2, 0) is 6.54 Å². The van der Waals surface area contributed by atoms with Crippen LogP contribution in [-0.4, -0.2) is 20.8 Å². The second-order valence-electron chi connectivity index (χ2n) is 4.07. The van der Waals surface area contributed by atoms with Crippen LogP contribution in [0.25, 0.3) is 16.7 Å². The van der Waals surface area contributed by atoms with Crippen molar-refractivity contribution in [1.29, 1.82) is 0 Å². The van der Waals surface area contributed by atoms with E-state index in [4.69, 9.17) is 5.11 Å². The van der Waals surface area contributed by atoms with Crippen molar-refractivity contribution in [2.24, 2.45) is 0 Å². The molecule has 0 aliphatic carbocycles. The van der Waals surface area contributed by atoms with Crippen molar-refractivity contribution in [2.75, 3.05) is 6.61 Å². The van der Waals surface area contributed by atoms with E-state index in [0.717, 1.165) is 11.0 Å². The molecule has 0 aliphatic rings. The molecule has 1 aromatic heterocycles. The maximum absolute atomic E-state index is 12.2. The molecule has 0 fully saturated rings. The number of allylic oxidation sites excluding steroid dienone is 1. The molecule has 2 aromatic rings. The van der Waals surface area contributed by atoms with Gasteiger partial charge in [0.05, 0.1) is 11.0 Å². The number of hydrogen-bond donors (Lipinski definition) is 1. The molecule has 90 valence electrons. The largest absolute Gasteiger partial charge is 0.396 e. The van der Waals surface area contributed by atoms with Crippen LogP contribution in [0.2, 0.25) is 0 Å². The molecule has 1 N–H and O–H groups in total. The predicted molar refractivity (Wildman–Crippen MR) is 68.9 cm³/mol. The number of fused-ring (bicyclic) bond motifs is 1. The first-order chi connectivity index (χ1) is 8.16. The van der Waals surface area contributed by atoms with E-state index in [-0.39, 0.29) is 12.3 Å². The molecule has 4 nitrogen and oxygen atoms in total. The Kier molecular flexibility index (Phi) is 3.15. The minimum Gasteiger partial charge on any atom is -0.396 e. The number of aliphatic hydroxyl groups is 1. The molecule has 17 heavy (non-hydrogen) atoms. The molecule has 0 atom stereocenters. The fourth-order valence-corrected chi connectivity index (χ4v) is 2.02. The number of nitrogens with zero attached hydrogens (tertiary/aromatic N) is 2. The van der Waals surface area contributed by atoms with Crippen LogP contribution in [0.3, 0.4) is 0 Å². The normalized spacial score (nSPS) is 10.9. The summed E-state index contributed by atoms with van der Waals surface area (Å²) in [7, 11) is 0. The van der Waals surface area contributed by atoms with Crippen LogP contribution >= 0.6 is 0 Å². The van der Waals surface area contributed by atoms with Crippen molar-refractivity contribution in [1.82, 2.24) is 9.13 Å². The monoisotopic (exact) mass is 232 g/mol. The molecule has 0 unspecified atom stereocenters. The quantitative estimate of drug-likeness (QED) is 0.871. The van der Waals surface area contributed by atoms with E-state index in [2.05, 4.69) is 6.58 Å². The average molecular weight is 232 g/mol. The van der Waals surface area contributed by atoms with Gasteiger partial charge >= 0.3 is 5.69 Å². The van der Waals surface area contributed by atoms with Crippen molar-refractivity contribution in [3.63, 3.8) is 0 Å². The van der Waals surface area contributed by atoms with Gasteiger partial charge in [0.15, 0.2) is 0 Å². The van der Waals surface area contributed by atoms with Gasteiger partial charge in [-0.05, 0) is 25.5 Å². The maximum Gasteiger partial charge on any atom is 0.333 e. The van der Waals surface area contributed by atoms with Crippen LogP contribution < -0.4 is 5.69 Å². The lowest BCUT2D eigenvalue weighted by Gasteiger charge is -2.00. The maximum atomic E-state index is 12.2. The lowest BCUT2D eigenvalue weighted by molar-refractivity contribution is 0.280. The lowest BCUT2D eigenvalue weighted by Crippen LogP contribution is -2.23. The first kappa shape index (κ1) is 11.7. The highest BCUT2D eigenvalue weighted by Gasteiger charge is 2.12. The van der Waals surface area contributed by atoms with Crippen LogP contribution in [0.15, 0.2) is 35.6 Å². The Morgan fingerprint density at radius 3 is 2.59 bits per heavy atom. The summed E-state index contributed by atoms with van der Waals surface area (Å²) in [5.74, 6) is 0. The van der Waals surface area contributed by atoms with Gasteiger partial charge in [-0.15, -0.1) is 0 Å². The molecule has 0 saturated carbocycles. The highest BCUT2D eigenvalue weighted by molar-refractivity contribution is 5.79. The van der Waals surface area contributed by atoms with E-state index >= 15 is 0 Å². The molecule has 0 aliphatic heterocycles. The number of aryl methyl sites for hydroxylation is 1. The molecule has 0 radical (unpaired) electrons. The van der Waals surface area contributed by atoms with Crippen molar-refractivity contribution < 1.29 is 5.11 Å². The third kappa shape index (κ3) is 1.91. The first-order valence-corrected chi connectivity index (χ1v) is 5.64. The summed E-state index contributed by atoms with van der Waals surface area (Å²) in [4.78, 5) is 12.2. The summed E-state index contributed by atoms with van der Waals surface area (Å²) in [5.41, 5.74) is 2.36. The minimum absolute atomic E-state index is 0.0824. The van der Waals surface area contributed by atoms with Gasteiger partial charge in [-0.25, -0.2) is 4.79 Å². The molecule has 0 saturated heterocycles. The zero-order valence-corrected chi connectivity index (χ0v) is 9.89. The number of hydrogen-bond acceptors (Lipinski definition) is 2. The number of para-hydroxylation sites is 2. The molecular formula is C13H16N2O2. The SMILES string of the molecule is C=C(C)n1c(=O)n(CCCO)c2ccccc21. The minimum atomic E-state index is -0.0906. The Labute approximate surface area is 99.4 Å². The van der Waals surface area contributed by atoms with E-state index < -0.39 is 0 Å². The number of benzene rings is 1. The van der Waals surface area contributed by atoms with E-state index in [1.165, 1.54) is 0 Å². The second kappa shape index (κ2) is 4.59. The van der Waals surface area contributed by atoms with Gasteiger partial charge in [-0.3, -0.25) is 9.13 Å². The molecule has 1 aromatic carbocycles. The van der Waals surface area contributed by atoms with Crippen LogP contribution in [0.1, 0.15) is 13.3 Å². The molecule has 2 rings (SSSR count). The highest BCUT2D eigenvalue weighted by atomic mass is 16.3. The Bertz CT molecular complexity index is 607. The Morgan fingerprint density at radius 2 is 2.00 bits per heavy atom. The Hall–Kier alpha value is -1.81. The van der Waals surface area contributed by atoms with Gasteiger partial charge in [0, 0.05) is 18.8 Å². The van der Waals surface area contributed by atoms with Crippen molar-refractivity contribution in [2.45, 2.75) is 19.9 Å². The molecule has 0 spiro atoms. The fourth-order valence-electron chi connectivity index (χ4n) is 2.02. The summed E-state index contributed by atoms with van der Waals surface area (Å²) in [5, 5.41) is 8.87. The zero-order chi connectivity index (χ0) is 12.4. The third-order valence-corrected chi connectivity index (χ3v) is 2.76. The summed E-state index contributed by atoms with van der Waals surface area (Å²) in [6.07, 6.45) is 0.574. The van der Waals surface area contributed by atoms with Gasteiger partial charge in [0.2, 0.25) is 0 Å². The van der Waals surface area contributed by atoms with E-state index in [0.29, 0.717) is 18.7 Å². The van der Waals surface area contributed by atoms with Gasteiger partial charge in [0.25, 0.3) is 0 Å². The lowest BCUT2D eigenvalue weighted by atomic mass is 10.3. The topological polar surface area (TPSA) is 47.2 Å². The number of imidazole rings is 1. The Morgan fingerprint density at radius 1 is 1.35 bits per heavy atom. The standard InChI is InChI=1S/C13H16N2O2/c1-10(2)15-12-7-4-3-6-11(12)14(13(15)17)8-5-9-16/h3-4,6-7,16H,1,5,8-9H2,2H3. The smallest absolute Gasteiger partial charge is 0.333 e. The van der Waals surface area contributed by atoms with Crippen molar-refractivity contribution >= 4 is 16.7 Å². The molecule has 4 heteroatoms. The highest BCUT2D eigenvalue weighted by Crippen LogP contribution is 2.15. The number of rotatable bonds is 4. The summed E-state index contributed by atoms with van der Waals surface area (Å²) < 4.78 is 3.28. The Balaban J connectivity index is 2.71. The molecular weight excluding hydrogens is 216 g/mol. The number of aliphatic hydroxyl groups excluding tert-OH is 1. The summed E-state index contributed by atoms with van der Waals surface area (Å²) >= 11 is 0. The van der Waals surface area contributed by atoms with Gasteiger partial charge in [0.1, 0.15) is 0 Å². The summed E-state index contributed by atoms with van der Waals surface area (Å²) in [6, 6.07) is 7.62. The van der Waals surface area contributed by atoms with Gasteiger partial charge in [-0.2, -0.15) is 0 Å². The van der Waals surface area contributed by atoms with E-state index in [9.17, 15) is 4.79 Å². The van der Waals surface area contributed by atoms with Gasteiger partial charge < -0.3 is 5.11 Å². The van der Waals surface area contributed by atoms with Crippen LogP contribution in [0, 0.1) is 0 Å². The third-order valence-electron chi connectivity index (χ3n) is 2.76. The van der Waals surface area contributed by atoms with Crippen LogP contribution in [0.4, 0.5) is 0 Å². The first-order valence-electron chi connectivity index (χ1n) is 5.64. The zero-order valence-electron chi connectivity index (χ0n) is 9.89. The fraction of sp³-hybridized carbons (Fsp3) is 0.308.